The van der Waals surface area contributed by atoms with Gasteiger partial charge in [0.1, 0.15) is 10.3 Å². The lowest BCUT2D eigenvalue weighted by molar-refractivity contribution is -0.0533. The van der Waals surface area contributed by atoms with E-state index in [1.54, 1.807) is 38.7 Å². The standard InChI is InChI=1S/C18H21ClF2N4O3.C10H12Cl2N2O2/c1-9-6-12(10(2)22-16(9)28-18(20)21)23-15-17(26)25(8-14(19)24-15)7-13(27-3)11-4-5-11;1-16-5-7(6-2-3-6)14-4-8(11)13-9(12)10(14)15/h6,8,11,13,18H,4-5,7H2,1-3H3,(H,23,24);4,6-7H,2-3,5H2,1H3/t13-;7-/m11/s1. The van der Waals surface area contributed by atoms with Gasteiger partial charge in [-0.1, -0.05) is 34.8 Å². The van der Waals surface area contributed by atoms with E-state index in [4.69, 9.17) is 44.3 Å². The van der Waals surface area contributed by atoms with Gasteiger partial charge in [0.05, 0.1) is 36.7 Å². The number of methoxy groups -OCH3 is 2. The van der Waals surface area contributed by atoms with Crippen LogP contribution in [0.4, 0.5) is 20.3 Å². The van der Waals surface area contributed by atoms with Crippen LogP contribution in [-0.4, -0.2) is 57.6 Å². The van der Waals surface area contributed by atoms with E-state index >= 15 is 0 Å². The molecule has 0 aromatic carbocycles. The van der Waals surface area contributed by atoms with Crippen molar-refractivity contribution in [1.82, 2.24) is 24.1 Å². The number of anilines is 2. The second-order valence-electron chi connectivity index (χ2n) is 10.7. The van der Waals surface area contributed by atoms with Crippen LogP contribution in [0.25, 0.3) is 0 Å². The summed E-state index contributed by atoms with van der Waals surface area (Å²) in [5.74, 6) is 0.774. The lowest BCUT2D eigenvalue weighted by atomic mass is 10.2. The first-order valence-corrected chi connectivity index (χ1v) is 15.0. The quantitative estimate of drug-likeness (QED) is 0.253. The van der Waals surface area contributed by atoms with Crippen LogP contribution in [0.15, 0.2) is 28.0 Å². The first-order chi connectivity index (χ1) is 20.9. The van der Waals surface area contributed by atoms with E-state index in [0.717, 1.165) is 25.7 Å². The van der Waals surface area contributed by atoms with Gasteiger partial charge in [0, 0.05) is 32.2 Å². The van der Waals surface area contributed by atoms with Gasteiger partial charge in [-0.05, 0) is 57.4 Å². The molecule has 3 aromatic rings. The van der Waals surface area contributed by atoms with Crippen LogP contribution >= 0.6 is 34.8 Å². The number of pyridine rings is 1. The van der Waals surface area contributed by atoms with E-state index in [9.17, 15) is 18.4 Å². The Balaban J connectivity index is 0.000000233. The van der Waals surface area contributed by atoms with Crippen LogP contribution in [0.1, 0.15) is 43.0 Å². The Morgan fingerprint density at radius 3 is 2.23 bits per heavy atom. The number of aromatic nitrogens is 5. The third kappa shape index (κ3) is 8.87. The van der Waals surface area contributed by atoms with Crippen LogP contribution in [0.5, 0.6) is 5.88 Å². The predicted molar refractivity (Wildman–Crippen MR) is 163 cm³/mol. The van der Waals surface area contributed by atoms with Crippen molar-refractivity contribution in [3.63, 3.8) is 0 Å². The maximum absolute atomic E-state index is 12.8. The van der Waals surface area contributed by atoms with E-state index in [1.165, 1.54) is 17.0 Å². The zero-order valence-corrected chi connectivity index (χ0v) is 26.8. The fourth-order valence-electron chi connectivity index (χ4n) is 4.73. The summed E-state index contributed by atoms with van der Waals surface area (Å²) >= 11 is 17.6. The van der Waals surface area contributed by atoms with Crippen molar-refractivity contribution in [2.24, 2.45) is 11.8 Å². The zero-order chi connectivity index (χ0) is 32.1. The van der Waals surface area contributed by atoms with Gasteiger partial charge in [-0.15, -0.1) is 0 Å². The second-order valence-corrected chi connectivity index (χ2v) is 11.8. The van der Waals surface area contributed by atoms with Crippen molar-refractivity contribution in [3.05, 3.63) is 65.9 Å². The summed E-state index contributed by atoms with van der Waals surface area (Å²) in [5, 5.41) is 3.19. The van der Waals surface area contributed by atoms with E-state index < -0.39 is 6.61 Å². The van der Waals surface area contributed by atoms with Gasteiger partial charge in [-0.3, -0.25) is 9.59 Å². The molecule has 3 heterocycles. The van der Waals surface area contributed by atoms with Crippen molar-refractivity contribution in [1.29, 1.82) is 0 Å². The van der Waals surface area contributed by atoms with Crippen molar-refractivity contribution in [3.8, 4) is 5.88 Å². The lowest BCUT2D eigenvalue weighted by Crippen LogP contribution is -2.30. The average molecular weight is 678 g/mol. The highest BCUT2D eigenvalue weighted by Gasteiger charge is 2.34. The number of hydrogen-bond donors (Lipinski definition) is 1. The zero-order valence-electron chi connectivity index (χ0n) is 24.5. The predicted octanol–water partition coefficient (Wildman–Crippen LogP) is 5.83. The van der Waals surface area contributed by atoms with Crippen LogP contribution in [0.2, 0.25) is 15.5 Å². The van der Waals surface area contributed by atoms with Gasteiger partial charge in [0.15, 0.2) is 11.0 Å². The monoisotopic (exact) mass is 676 g/mol. The lowest BCUT2D eigenvalue weighted by Gasteiger charge is -2.18. The molecule has 0 radical (unpaired) electrons. The molecule has 2 aliphatic carbocycles. The van der Waals surface area contributed by atoms with Gasteiger partial charge >= 0.3 is 6.61 Å². The van der Waals surface area contributed by atoms with Gasteiger partial charge in [-0.2, -0.15) is 8.78 Å². The largest absolute Gasteiger partial charge is 0.417 e. The average Bonchev–Trinajstić information content (AvgIpc) is 3.87. The molecule has 3 aromatic heterocycles. The molecule has 44 heavy (non-hydrogen) atoms. The normalized spacial score (nSPS) is 15.9. The minimum Gasteiger partial charge on any atom is -0.417 e. The van der Waals surface area contributed by atoms with Crippen molar-refractivity contribution >= 4 is 46.3 Å². The van der Waals surface area contributed by atoms with E-state index in [1.807, 2.05) is 0 Å². The highest BCUT2D eigenvalue weighted by molar-refractivity contribution is 6.32. The number of halogens is 5. The molecule has 1 N–H and O–H groups in total. The Labute approximate surface area is 267 Å². The van der Waals surface area contributed by atoms with Crippen LogP contribution in [0.3, 0.4) is 0 Å². The fourth-order valence-corrected chi connectivity index (χ4v) is 5.36. The Morgan fingerprint density at radius 2 is 1.64 bits per heavy atom. The highest BCUT2D eigenvalue weighted by Crippen LogP contribution is 2.39. The van der Waals surface area contributed by atoms with Crippen LogP contribution in [0, 0.1) is 25.7 Å². The number of rotatable bonds is 12. The summed E-state index contributed by atoms with van der Waals surface area (Å²) in [6.07, 6.45) is 7.30. The summed E-state index contributed by atoms with van der Waals surface area (Å²) in [6.45, 7) is 1.08. The number of nitrogens with zero attached hydrogens (tertiary/aromatic N) is 5. The summed E-state index contributed by atoms with van der Waals surface area (Å²) in [7, 11) is 3.24. The highest BCUT2D eigenvalue weighted by atomic mass is 35.5. The number of alkyl halides is 2. The molecule has 11 nitrogen and oxygen atoms in total. The number of hydrogen-bond acceptors (Lipinski definition) is 9. The molecule has 2 atom stereocenters. The second kappa shape index (κ2) is 15.0. The molecule has 0 bridgehead atoms. The Bertz CT molecular complexity index is 1580. The summed E-state index contributed by atoms with van der Waals surface area (Å²) < 4.78 is 42.9. The maximum Gasteiger partial charge on any atom is 0.388 e. The topological polar surface area (TPSA) is 122 Å². The minimum absolute atomic E-state index is 0.00972. The molecule has 0 saturated heterocycles. The molecule has 16 heteroatoms. The van der Waals surface area contributed by atoms with E-state index in [-0.39, 0.29) is 50.4 Å². The van der Waals surface area contributed by atoms with Gasteiger partial charge in [0.2, 0.25) is 5.88 Å². The third-order valence-electron chi connectivity index (χ3n) is 7.31. The molecule has 2 aliphatic rings. The van der Waals surface area contributed by atoms with Crippen molar-refractivity contribution in [2.75, 3.05) is 26.1 Å². The van der Waals surface area contributed by atoms with Crippen LogP contribution in [-0.2, 0) is 16.0 Å². The first-order valence-electron chi connectivity index (χ1n) is 13.8. The minimum atomic E-state index is -2.97. The molecular weight excluding hydrogens is 645 g/mol. The summed E-state index contributed by atoms with van der Waals surface area (Å²) in [5.41, 5.74) is 0.547. The third-order valence-corrected chi connectivity index (χ3v) is 7.92. The van der Waals surface area contributed by atoms with Crippen molar-refractivity contribution in [2.45, 2.75) is 64.8 Å². The smallest absolute Gasteiger partial charge is 0.388 e. The van der Waals surface area contributed by atoms with Gasteiger partial charge in [-0.25, -0.2) is 15.0 Å². The molecular formula is C28H33Cl3F2N6O5. The molecule has 2 fully saturated rings. The summed E-state index contributed by atoms with van der Waals surface area (Å²) in [4.78, 5) is 36.4. The molecule has 0 unspecified atom stereocenters. The fraction of sp³-hybridized carbons (Fsp3) is 0.536. The molecule has 2 saturated carbocycles. The van der Waals surface area contributed by atoms with E-state index in [0.29, 0.717) is 41.9 Å². The molecule has 0 aliphatic heterocycles. The molecule has 240 valence electrons. The Morgan fingerprint density at radius 1 is 0.977 bits per heavy atom. The number of ether oxygens (including phenoxy) is 3. The van der Waals surface area contributed by atoms with Gasteiger partial charge in [0.25, 0.3) is 11.1 Å². The Kier molecular flexibility index (Phi) is 11.6. The van der Waals surface area contributed by atoms with Gasteiger partial charge < -0.3 is 28.7 Å². The maximum atomic E-state index is 12.8. The summed E-state index contributed by atoms with van der Waals surface area (Å²) in [6, 6.07) is 1.57. The van der Waals surface area contributed by atoms with E-state index in [2.05, 4.69) is 25.0 Å². The number of nitrogens with one attached hydrogen (secondary N) is 1. The SMILES string of the molecule is COC[C@H](C1CC1)n1cc(Cl)nc(Cl)c1=O.CO[C@H](Cn1cc(Cl)nc(Nc2cc(C)c(OC(F)F)nc2C)c1=O)C1CC1. The molecule has 0 spiro atoms. The van der Waals surface area contributed by atoms with Crippen molar-refractivity contribution < 1.29 is 23.0 Å². The number of aryl methyl sites for hydroxylation is 2. The first kappa shape index (κ1) is 34.0. The van der Waals surface area contributed by atoms with Crippen LogP contribution < -0.4 is 21.2 Å². The molecule has 5 rings (SSSR count). The Hall–Kier alpha value is -2.84. The molecule has 0 amide bonds.